The van der Waals surface area contributed by atoms with Crippen molar-refractivity contribution < 1.29 is 9.18 Å². The zero-order valence-corrected chi connectivity index (χ0v) is 11.2. The Morgan fingerprint density at radius 2 is 2.17 bits per heavy atom. The van der Waals surface area contributed by atoms with E-state index >= 15 is 0 Å². The van der Waals surface area contributed by atoms with Gasteiger partial charge in [-0.1, -0.05) is 0 Å². The van der Waals surface area contributed by atoms with Gasteiger partial charge in [0, 0.05) is 13.6 Å². The van der Waals surface area contributed by atoms with Gasteiger partial charge >= 0.3 is 0 Å². The SMILES string of the molecule is CCN(C)C(=O)C(C)Nc1cc(C)c(F)cc1N. The molecule has 0 bridgehead atoms. The summed E-state index contributed by atoms with van der Waals surface area (Å²) >= 11 is 0. The monoisotopic (exact) mass is 253 g/mol. The van der Waals surface area contributed by atoms with E-state index in [9.17, 15) is 9.18 Å². The van der Waals surface area contributed by atoms with E-state index in [4.69, 9.17) is 5.73 Å². The first-order valence-electron chi connectivity index (χ1n) is 5.94. The van der Waals surface area contributed by atoms with Gasteiger partial charge in [0.1, 0.15) is 11.9 Å². The normalized spacial score (nSPS) is 12.1. The van der Waals surface area contributed by atoms with Crippen molar-refractivity contribution in [3.05, 3.63) is 23.5 Å². The highest BCUT2D eigenvalue weighted by Crippen LogP contribution is 2.23. The van der Waals surface area contributed by atoms with Crippen molar-refractivity contribution >= 4 is 17.3 Å². The van der Waals surface area contributed by atoms with Gasteiger partial charge in [-0.2, -0.15) is 0 Å². The Hall–Kier alpha value is -1.78. The quantitative estimate of drug-likeness (QED) is 0.807. The molecule has 0 aliphatic heterocycles. The summed E-state index contributed by atoms with van der Waals surface area (Å²) in [6.45, 7) is 5.96. The maximum Gasteiger partial charge on any atom is 0.244 e. The van der Waals surface area contributed by atoms with Crippen molar-refractivity contribution in [2.45, 2.75) is 26.8 Å². The molecule has 0 saturated carbocycles. The van der Waals surface area contributed by atoms with Gasteiger partial charge in [-0.3, -0.25) is 4.79 Å². The van der Waals surface area contributed by atoms with Crippen molar-refractivity contribution in [2.24, 2.45) is 0 Å². The lowest BCUT2D eigenvalue weighted by Gasteiger charge is -2.22. The van der Waals surface area contributed by atoms with E-state index in [1.165, 1.54) is 6.07 Å². The van der Waals surface area contributed by atoms with Crippen LogP contribution in [0, 0.1) is 12.7 Å². The van der Waals surface area contributed by atoms with E-state index in [0.717, 1.165) is 0 Å². The fourth-order valence-corrected chi connectivity index (χ4v) is 1.60. The summed E-state index contributed by atoms with van der Waals surface area (Å²) in [5.41, 5.74) is 7.10. The van der Waals surface area contributed by atoms with Crippen molar-refractivity contribution in [3.8, 4) is 0 Å². The number of likely N-dealkylation sites (N-methyl/N-ethyl adjacent to an activating group) is 1. The first-order valence-corrected chi connectivity index (χ1v) is 5.94. The lowest BCUT2D eigenvalue weighted by Crippen LogP contribution is -2.39. The van der Waals surface area contributed by atoms with Crippen LogP contribution < -0.4 is 11.1 Å². The maximum atomic E-state index is 13.3. The summed E-state index contributed by atoms with van der Waals surface area (Å²) in [6.07, 6.45) is 0. The van der Waals surface area contributed by atoms with Crippen LogP contribution >= 0.6 is 0 Å². The molecule has 1 aromatic rings. The molecule has 0 aromatic heterocycles. The van der Waals surface area contributed by atoms with Crippen molar-refractivity contribution in [1.82, 2.24) is 4.90 Å². The maximum absolute atomic E-state index is 13.3. The van der Waals surface area contributed by atoms with E-state index in [1.807, 2.05) is 6.92 Å². The number of anilines is 2. The highest BCUT2D eigenvalue weighted by molar-refractivity contribution is 5.85. The minimum absolute atomic E-state index is 0.0288. The third-order valence-corrected chi connectivity index (χ3v) is 2.92. The lowest BCUT2D eigenvalue weighted by atomic mass is 10.1. The topological polar surface area (TPSA) is 58.4 Å². The summed E-state index contributed by atoms with van der Waals surface area (Å²) in [7, 11) is 1.74. The number of benzene rings is 1. The largest absolute Gasteiger partial charge is 0.397 e. The lowest BCUT2D eigenvalue weighted by molar-refractivity contribution is -0.130. The molecule has 3 N–H and O–H groups in total. The third kappa shape index (κ3) is 3.12. The third-order valence-electron chi connectivity index (χ3n) is 2.92. The van der Waals surface area contributed by atoms with Gasteiger partial charge < -0.3 is 16.0 Å². The molecule has 1 aromatic carbocycles. The van der Waals surface area contributed by atoms with Crippen molar-refractivity contribution in [1.29, 1.82) is 0 Å². The molecule has 0 heterocycles. The smallest absolute Gasteiger partial charge is 0.244 e. The highest BCUT2D eigenvalue weighted by Gasteiger charge is 2.17. The standard InChI is InChI=1S/C13H20FN3O/c1-5-17(4)13(18)9(3)16-12-6-8(2)10(14)7-11(12)15/h6-7,9,16H,5,15H2,1-4H3. The Bertz CT molecular complexity index is 448. The van der Waals surface area contributed by atoms with Gasteiger partial charge in [0.25, 0.3) is 0 Å². The Labute approximate surface area is 107 Å². The van der Waals surface area contributed by atoms with Crippen LogP contribution in [0.4, 0.5) is 15.8 Å². The second-order valence-corrected chi connectivity index (χ2v) is 4.41. The Kier molecular flexibility index (Phi) is 4.53. The van der Waals surface area contributed by atoms with Gasteiger partial charge in [0.05, 0.1) is 11.4 Å². The molecule has 100 valence electrons. The van der Waals surface area contributed by atoms with E-state index in [-0.39, 0.29) is 11.7 Å². The molecule has 0 spiro atoms. The molecular formula is C13H20FN3O. The fraction of sp³-hybridized carbons (Fsp3) is 0.462. The van der Waals surface area contributed by atoms with E-state index in [1.54, 1.807) is 31.9 Å². The first kappa shape index (κ1) is 14.3. The Morgan fingerprint density at radius 3 is 2.72 bits per heavy atom. The Balaban J connectivity index is 2.85. The number of nitrogen functional groups attached to an aromatic ring is 1. The summed E-state index contributed by atoms with van der Waals surface area (Å²) < 4.78 is 13.3. The average Bonchev–Trinajstić information content (AvgIpc) is 2.33. The number of aryl methyl sites for hydroxylation is 1. The molecule has 1 atom stereocenters. The number of carbonyl (C=O) groups excluding carboxylic acids is 1. The van der Waals surface area contributed by atoms with Crippen LogP contribution in [-0.2, 0) is 4.79 Å². The van der Waals surface area contributed by atoms with Crippen LogP contribution in [0.2, 0.25) is 0 Å². The number of carbonyl (C=O) groups is 1. The molecule has 18 heavy (non-hydrogen) atoms. The summed E-state index contributed by atoms with van der Waals surface area (Å²) in [4.78, 5) is 13.5. The zero-order valence-electron chi connectivity index (χ0n) is 11.2. The minimum atomic E-state index is -0.401. The fourth-order valence-electron chi connectivity index (χ4n) is 1.60. The highest BCUT2D eigenvalue weighted by atomic mass is 19.1. The van der Waals surface area contributed by atoms with Gasteiger partial charge in [0.2, 0.25) is 5.91 Å². The van der Waals surface area contributed by atoms with E-state index in [0.29, 0.717) is 23.5 Å². The molecule has 1 rings (SSSR count). The molecule has 5 heteroatoms. The second kappa shape index (κ2) is 5.71. The number of nitrogens with one attached hydrogen (secondary N) is 1. The molecule has 4 nitrogen and oxygen atoms in total. The van der Waals surface area contributed by atoms with Gasteiger partial charge in [-0.25, -0.2) is 4.39 Å². The molecular weight excluding hydrogens is 233 g/mol. The van der Waals surface area contributed by atoms with Crippen LogP contribution in [0.3, 0.4) is 0 Å². The first-order chi connectivity index (χ1) is 8.36. The zero-order chi connectivity index (χ0) is 13.9. The van der Waals surface area contributed by atoms with E-state index in [2.05, 4.69) is 5.32 Å². The van der Waals surface area contributed by atoms with Crippen LogP contribution in [0.25, 0.3) is 0 Å². The average molecular weight is 253 g/mol. The number of halogens is 1. The number of amides is 1. The molecule has 0 radical (unpaired) electrons. The molecule has 0 saturated heterocycles. The summed E-state index contributed by atoms with van der Waals surface area (Å²) in [5.74, 6) is -0.374. The molecule has 1 amide bonds. The molecule has 0 aliphatic rings. The molecule has 0 aliphatic carbocycles. The van der Waals surface area contributed by atoms with Gasteiger partial charge in [0.15, 0.2) is 0 Å². The minimum Gasteiger partial charge on any atom is -0.397 e. The van der Waals surface area contributed by atoms with Gasteiger partial charge in [-0.15, -0.1) is 0 Å². The summed E-state index contributed by atoms with van der Waals surface area (Å²) in [5, 5.41) is 3.01. The second-order valence-electron chi connectivity index (χ2n) is 4.41. The summed E-state index contributed by atoms with van der Waals surface area (Å²) in [6, 6.07) is 2.47. The van der Waals surface area contributed by atoms with Crippen molar-refractivity contribution in [3.63, 3.8) is 0 Å². The van der Waals surface area contributed by atoms with Crippen molar-refractivity contribution in [2.75, 3.05) is 24.6 Å². The number of rotatable bonds is 4. The van der Waals surface area contributed by atoms with Crippen LogP contribution in [0.15, 0.2) is 12.1 Å². The van der Waals surface area contributed by atoms with Crippen LogP contribution in [0.5, 0.6) is 0 Å². The predicted molar refractivity (Wildman–Crippen MR) is 71.9 cm³/mol. The van der Waals surface area contributed by atoms with E-state index < -0.39 is 6.04 Å². The predicted octanol–water partition coefficient (Wildman–Crippen LogP) is 2.00. The van der Waals surface area contributed by atoms with Crippen LogP contribution in [-0.4, -0.2) is 30.4 Å². The van der Waals surface area contributed by atoms with Gasteiger partial charge in [-0.05, 0) is 38.5 Å². The Morgan fingerprint density at radius 1 is 1.56 bits per heavy atom. The molecule has 1 unspecified atom stereocenters. The number of hydrogen-bond acceptors (Lipinski definition) is 3. The number of nitrogens with two attached hydrogens (primary N) is 1. The van der Waals surface area contributed by atoms with Crippen LogP contribution in [0.1, 0.15) is 19.4 Å². The molecule has 0 fully saturated rings. The number of hydrogen-bond donors (Lipinski definition) is 2. The number of nitrogens with zero attached hydrogens (tertiary/aromatic N) is 1.